The van der Waals surface area contributed by atoms with Crippen LogP contribution < -0.4 is 9.47 Å². The van der Waals surface area contributed by atoms with E-state index in [9.17, 15) is 14.0 Å². The molecule has 0 aliphatic carbocycles. The van der Waals surface area contributed by atoms with Crippen molar-refractivity contribution in [2.45, 2.75) is 26.3 Å². The maximum Gasteiger partial charge on any atom is 0.254 e. The fourth-order valence-electron chi connectivity index (χ4n) is 4.44. The van der Waals surface area contributed by atoms with Crippen LogP contribution >= 0.6 is 11.3 Å². The molecule has 6 nitrogen and oxygen atoms in total. The summed E-state index contributed by atoms with van der Waals surface area (Å²) in [7, 11) is 1.57. The van der Waals surface area contributed by atoms with E-state index in [2.05, 4.69) is 0 Å². The number of hydrogen-bond donors (Lipinski definition) is 0. The first-order valence-electron chi connectivity index (χ1n) is 12.0. The van der Waals surface area contributed by atoms with E-state index in [1.165, 1.54) is 10.9 Å². The van der Waals surface area contributed by atoms with Gasteiger partial charge in [0.2, 0.25) is 5.91 Å². The molecule has 0 radical (unpaired) electrons. The quantitative estimate of drug-likeness (QED) is 0.397. The molecule has 0 bridgehead atoms. The van der Waals surface area contributed by atoms with Crippen LogP contribution in [0.25, 0.3) is 0 Å². The zero-order valence-corrected chi connectivity index (χ0v) is 21.6. The number of carbonyl (C=O) groups is 2. The van der Waals surface area contributed by atoms with Crippen LogP contribution in [0.1, 0.15) is 40.7 Å². The lowest BCUT2D eigenvalue weighted by atomic mass is 10.00. The zero-order valence-electron chi connectivity index (χ0n) is 20.8. The largest absolute Gasteiger partial charge is 0.497 e. The van der Waals surface area contributed by atoms with Gasteiger partial charge in [-0.1, -0.05) is 26.0 Å². The minimum Gasteiger partial charge on any atom is -0.497 e. The molecule has 0 saturated carbocycles. The fourth-order valence-corrected chi connectivity index (χ4v) is 5.36. The van der Waals surface area contributed by atoms with Gasteiger partial charge in [0.25, 0.3) is 5.91 Å². The summed E-state index contributed by atoms with van der Waals surface area (Å²) in [5.41, 5.74) is 1.52. The van der Waals surface area contributed by atoms with Crippen molar-refractivity contribution in [3.63, 3.8) is 0 Å². The van der Waals surface area contributed by atoms with Crippen LogP contribution in [-0.4, -0.2) is 55.0 Å². The SMILES string of the molecule is COc1ccc(C(=O)N(CC(=O)N2CCc3sccc3C2COc2ccccc2F)CC(C)C)cc1. The summed E-state index contributed by atoms with van der Waals surface area (Å²) in [6, 6.07) is 14.8. The normalized spacial score (nSPS) is 14.9. The smallest absolute Gasteiger partial charge is 0.254 e. The number of fused-ring (bicyclic) bond motifs is 1. The van der Waals surface area contributed by atoms with Gasteiger partial charge >= 0.3 is 0 Å². The Morgan fingerprint density at radius 1 is 1.14 bits per heavy atom. The van der Waals surface area contributed by atoms with Crippen LogP contribution in [0.2, 0.25) is 0 Å². The third-order valence-electron chi connectivity index (χ3n) is 6.18. The molecule has 1 unspecified atom stereocenters. The molecule has 0 saturated heterocycles. The molecular formula is C28H31FN2O4S. The first kappa shape index (κ1) is 25.7. The number of para-hydroxylation sites is 1. The highest BCUT2D eigenvalue weighted by molar-refractivity contribution is 7.10. The van der Waals surface area contributed by atoms with E-state index >= 15 is 0 Å². The van der Waals surface area contributed by atoms with Gasteiger partial charge in [-0.15, -0.1) is 11.3 Å². The summed E-state index contributed by atoms with van der Waals surface area (Å²) in [4.78, 5) is 31.5. The number of benzene rings is 2. The monoisotopic (exact) mass is 510 g/mol. The number of nitrogens with zero attached hydrogens (tertiary/aromatic N) is 2. The second kappa shape index (κ2) is 11.6. The maximum absolute atomic E-state index is 14.2. The van der Waals surface area contributed by atoms with Crippen molar-refractivity contribution >= 4 is 23.2 Å². The van der Waals surface area contributed by atoms with Crippen LogP contribution in [0.15, 0.2) is 60.0 Å². The average molecular weight is 511 g/mol. The van der Waals surface area contributed by atoms with Crippen molar-refractivity contribution in [2.75, 3.05) is 33.4 Å². The molecular weight excluding hydrogens is 479 g/mol. The number of hydrogen-bond acceptors (Lipinski definition) is 5. The predicted molar refractivity (Wildman–Crippen MR) is 138 cm³/mol. The molecule has 0 N–H and O–H groups in total. The van der Waals surface area contributed by atoms with E-state index in [4.69, 9.17) is 9.47 Å². The number of rotatable bonds is 9. The Morgan fingerprint density at radius 2 is 1.89 bits per heavy atom. The number of methoxy groups -OCH3 is 1. The van der Waals surface area contributed by atoms with E-state index in [1.54, 1.807) is 70.7 Å². The van der Waals surface area contributed by atoms with Gasteiger partial charge in [-0.3, -0.25) is 9.59 Å². The van der Waals surface area contributed by atoms with Crippen molar-refractivity contribution in [3.05, 3.63) is 81.8 Å². The fraction of sp³-hybridized carbons (Fsp3) is 0.357. The summed E-state index contributed by atoms with van der Waals surface area (Å²) in [5, 5.41) is 2.01. The van der Waals surface area contributed by atoms with Gasteiger partial charge in [-0.05, 0) is 65.7 Å². The van der Waals surface area contributed by atoms with Gasteiger partial charge in [0, 0.05) is 23.5 Å². The molecule has 36 heavy (non-hydrogen) atoms. The maximum atomic E-state index is 14.2. The molecule has 3 aromatic rings. The first-order valence-corrected chi connectivity index (χ1v) is 12.9. The van der Waals surface area contributed by atoms with Crippen LogP contribution in [0.5, 0.6) is 11.5 Å². The topological polar surface area (TPSA) is 59.1 Å². The molecule has 1 aliphatic heterocycles. The van der Waals surface area contributed by atoms with Crippen LogP contribution in [-0.2, 0) is 11.2 Å². The molecule has 0 spiro atoms. The van der Waals surface area contributed by atoms with Crippen molar-refractivity contribution in [2.24, 2.45) is 5.92 Å². The summed E-state index contributed by atoms with van der Waals surface area (Å²) < 4.78 is 25.2. The van der Waals surface area contributed by atoms with Gasteiger partial charge in [0.15, 0.2) is 11.6 Å². The van der Waals surface area contributed by atoms with Crippen LogP contribution in [0.4, 0.5) is 4.39 Å². The Hall–Kier alpha value is -3.39. The Balaban J connectivity index is 1.53. The van der Waals surface area contributed by atoms with Crippen molar-refractivity contribution in [1.82, 2.24) is 9.80 Å². The zero-order chi connectivity index (χ0) is 25.7. The number of halogens is 1. The Labute approximate surface area is 215 Å². The van der Waals surface area contributed by atoms with E-state index in [1.807, 2.05) is 25.3 Å². The molecule has 0 fully saturated rings. The standard InChI is InChI=1S/C28H31FN2O4S/c1-19(2)16-30(28(33)20-8-10-21(34-3)11-9-20)17-27(32)31-14-12-26-22(13-15-36-26)24(31)18-35-25-7-5-4-6-23(25)29/h4-11,13,15,19,24H,12,14,16-18H2,1-3H3. The number of ether oxygens (including phenoxy) is 2. The van der Waals surface area contributed by atoms with E-state index in [-0.39, 0.29) is 42.7 Å². The molecule has 2 amide bonds. The highest BCUT2D eigenvalue weighted by Crippen LogP contribution is 2.34. The third kappa shape index (κ3) is 5.87. The second-order valence-corrected chi connectivity index (χ2v) is 10.2. The van der Waals surface area contributed by atoms with Crippen molar-refractivity contribution in [3.8, 4) is 11.5 Å². The van der Waals surface area contributed by atoms with Gasteiger partial charge in [0.1, 0.15) is 18.9 Å². The number of carbonyl (C=O) groups excluding carboxylic acids is 2. The Bertz CT molecular complexity index is 1190. The molecule has 2 aromatic carbocycles. The molecule has 1 atom stereocenters. The van der Waals surface area contributed by atoms with Gasteiger partial charge < -0.3 is 19.3 Å². The molecule has 1 aromatic heterocycles. The highest BCUT2D eigenvalue weighted by Gasteiger charge is 2.34. The van der Waals surface area contributed by atoms with Crippen LogP contribution in [0, 0.1) is 11.7 Å². The minimum atomic E-state index is -0.440. The van der Waals surface area contributed by atoms with E-state index in [0.29, 0.717) is 24.4 Å². The third-order valence-corrected chi connectivity index (χ3v) is 7.18. The predicted octanol–water partition coefficient (Wildman–Crippen LogP) is 5.20. The lowest BCUT2D eigenvalue weighted by Gasteiger charge is -2.37. The van der Waals surface area contributed by atoms with Crippen LogP contribution in [0.3, 0.4) is 0 Å². The average Bonchev–Trinajstić information content (AvgIpc) is 3.36. The van der Waals surface area contributed by atoms with Gasteiger partial charge in [-0.2, -0.15) is 0 Å². The summed E-state index contributed by atoms with van der Waals surface area (Å²) in [6.07, 6.45) is 0.742. The van der Waals surface area contributed by atoms with E-state index < -0.39 is 5.82 Å². The van der Waals surface area contributed by atoms with Crippen molar-refractivity contribution in [1.29, 1.82) is 0 Å². The van der Waals surface area contributed by atoms with Crippen molar-refractivity contribution < 1.29 is 23.5 Å². The number of amides is 2. The van der Waals surface area contributed by atoms with E-state index in [0.717, 1.165) is 12.0 Å². The summed E-state index contributed by atoms with van der Waals surface area (Å²) in [6.45, 7) is 5.09. The molecule has 4 rings (SSSR count). The highest BCUT2D eigenvalue weighted by atomic mass is 32.1. The lowest BCUT2D eigenvalue weighted by Crippen LogP contribution is -2.48. The second-order valence-electron chi connectivity index (χ2n) is 9.20. The summed E-state index contributed by atoms with van der Waals surface area (Å²) in [5.74, 6) is 0.206. The molecule has 2 heterocycles. The van der Waals surface area contributed by atoms with Gasteiger partial charge in [-0.25, -0.2) is 4.39 Å². The molecule has 190 valence electrons. The molecule has 8 heteroatoms. The molecule has 1 aliphatic rings. The minimum absolute atomic E-state index is 0.0429. The Morgan fingerprint density at radius 3 is 2.58 bits per heavy atom. The first-order chi connectivity index (χ1) is 17.4. The number of thiophene rings is 1. The Kier molecular flexibility index (Phi) is 8.25. The van der Waals surface area contributed by atoms with Gasteiger partial charge in [0.05, 0.1) is 13.2 Å². The lowest BCUT2D eigenvalue weighted by molar-refractivity contribution is -0.135. The summed E-state index contributed by atoms with van der Waals surface area (Å²) >= 11 is 1.65.